The van der Waals surface area contributed by atoms with Crippen LogP contribution < -0.4 is 14.8 Å². The number of halogens is 1. The quantitative estimate of drug-likeness (QED) is 0.324. The predicted octanol–water partition coefficient (Wildman–Crippen LogP) is 5.37. The number of benzene rings is 3. The molecule has 6 rings (SSSR count). The Labute approximate surface area is 225 Å². The molecule has 1 spiro atoms. The average Bonchev–Trinajstić information content (AvgIpc) is 3.57. The largest absolute Gasteiger partial charge is 0.490 e. The molecule has 196 valence electrons. The van der Waals surface area contributed by atoms with Crippen LogP contribution in [0.3, 0.4) is 0 Å². The minimum absolute atomic E-state index is 0.147. The van der Waals surface area contributed by atoms with Crippen molar-refractivity contribution in [3.8, 4) is 11.5 Å². The maximum absolute atomic E-state index is 13.6. The van der Waals surface area contributed by atoms with Crippen LogP contribution in [0.2, 0.25) is 5.02 Å². The second-order valence-electron chi connectivity index (χ2n) is 9.94. The second kappa shape index (κ2) is 9.60. The van der Waals surface area contributed by atoms with Crippen molar-refractivity contribution in [1.29, 1.82) is 0 Å². The summed E-state index contributed by atoms with van der Waals surface area (Å²) in [6.45, 7) is 3.18. The number of nitro groups is 1. The third-order valence-electron chi connectivity index (χ3n) is 8.09. The Balaban J connectivity index is 1.41. The molecule has 9 heteroatoms. The van der Waals surface area contributed by atoms with E-state index in [9.17, 15) is 14.9 Å². The number of rotatable bonds is 7. The molecule has 0 bridgehead atoms. The molecule has 0 aromatic heterocycles. The van der Waals surface area contributed by atoms with Crippen molar-refractivity contribution < 1.29 is 19.2 Å². The Morgan fingerprint density at radius 2 is 1.89 bits per heavy atom. The number of carbonyl (C=O) groups is 1. The molecule has 2 saturated heterocycles. The van der Waals surface area contributed by atoms with Crippen molar-refractivity contribution in [3.05, 3.63) is 98.6 Å². The molecule has 3 aliphatic rings. The van der Waals surface area contributed by atoms with E-state index >= 15 is 0 Å². The zero-order valence-electron chi connectivity index (χ0n) is 20.9. The number of ether oxygens (including phenoxy) is 2. The molecule has 0 unspecified atom stereocenters. The minimum Gasteiger partial charge on any atom is -0.490 e. The van der Waals surface area contributed by atoms with Gasteiger partial charge in [-0.1, -0.05) is 54.1 Å². The smallest absolute Gasteiger partial charge is 0.256 e. The third kappa shape index (κ3) is 3.66. The lowest BCUT2D eigenvalue weighted by Gasteiger charge is -2.32. The van der Waals surface area contributed by atoms with Gasteiger partial charge in [0.25, 0.3) is 11.9 Å². The lowest BCUT2D eigenvalue weighted by Crippen LogP contribution is -2.55. The molecule has 3 aromatic rings. The van der Waals surface area contributed by atoms with E-state index in [0.717, 1.165) is 24.0 Å². The van der Waals surface area contributed by atoms with Crippen LogP contribution in [0.4, 0.5) is 5.69 Å². The van der Waals surface area contributed by atoms with Crippen LogP contribution in [0.15, 0.2) is 66.7 Å². The van der Waals surface area contributed by atoms with E-state index in [-0.39, 0.29) is 23.5 Å². The number of nitrogens with zero attached hydrogens (tertiary/aromatic N) is 2. The zero-order chi connectivity index (χ0) is 26.4. The summed E-state index contributed by atoms with van der Waals surface area (Å²) >= 11 is 6.29. The van der Waals surface area contributed by atoms with Crippen molar-refractivity contribution in [1.82, 2.24) is 4.90 Å². The summed E-state index contributed by atoms with van der Waals surface area (Å²) in [6, 6.07) is 19.0. The van der Waals surface area contributed by atoms with E-state index in [0.29, 0.717) is 40.9 Å². The number of hydrogen-bond acceptors (Lipinski definition) is 6. The summed E-state index contributed by atoms with van der Waals surface area (Å²) in [5, 5.41) is 16.4. The summed E-state index contributed by atoms with van der Waals surface area (Å²) in [5.41, 5.74) is 1.60. The van der Waals surface area contributed by atoms with Gasteiger partial charge in [-0.2, -0.15) is 0 Å². The van der Waals surface area contributed by atoms with Crippen LogP contribution in [0.25, 0.3) is 0 Å². The SMILES string of the molecule is CCOc1cc([C@@H]2[C@@H]3CCCN3[C@]3(C(=O)Nc4ccccc43)[C@@H]2[N+](=O)[O-])ccc1OCc1ccccc1Cl. The monoisotopic (exact) mass is 533 g/mol. The van der Waals surface area contributed by atoms with Gasteiger partial charge < -0.3 is 14.8 Å². The van der Waals surface area contributed by atoms with Crippen LogP contribution in [0, 0.1) is 10.1 Å². The fraction of sp³-hybridized carbons (Fsp3) is 0.345. The first-order valence-electron chi connectivity index (χ1n) is 12.9. The highest BCUT2D eigenvalue weighted by molar-refractivity contribution is 6.31. The highest BCUT2D eigenvalue weighted by Gasteiger charge is 2.73. The minimum atomic E-state index is -1.35. The van der Waals surface area contributed by atoms with Gasteiger partial charge in [-0.15, -0.1) is 0 Å². The van der Waals surface area contributed by atoms with Gasteiger partial charge in [0.15, 0.2) is 17.0 Å². The van der Waals surface area contributed by atoms with Gasteiger partial charge >= 0.3 is 0 Å². The number of nitrogens with one attached hydrogen (secondary N) is 1. The summed E-state index contributed by atoms with van der Waals surface area (Å²) in [4.78, 5) is 28.3. The predicted molar refractivity (Wildman–Crippen MR) is 143 cm³/mol. The lowest BCUT2D eigenvalue weighted by molar-refractivity contribution is -0.534. The molecular weight excluding hydrogens is 506 g/mol. The van der Waals surface area contributed by atoms with Crippen LogP contribution in [0.5, 0.6) is 11.5 Å². The van der Waals surface area contributed by atoms with E-state index < -0.39 is 17.5 Å². The molecule has 1 N–H and O–H groups in total. The summed E-state index contributed by atoms with van der Waals surface area (Å²) < 4.78 is 12.0. The Kier molecular flexibility index (Phi) is 6.24. The van der Waals surface area contributed by atoms with E-state index in [4.69, 9.17) is 21.1 Å². The van der Waals surface area contributed by atoms with Gasteiger partial charge in [-0.25, -0.2) is 0 Å². The Hall–Kier alpha value is -3.62. The van der Waals surface area contributed by atoms with E-state index in [1.807, 2.05) is 67.6 Å². The molecule has 8 nitrogen and oxygen atoms in total. The Morgan fingerprint density at radius 1 is 1.11 bits per heavy atom. The first-order valence-corrected chi connectivity index (χ1v) is 13.3. The van der Waals surface area contributed by atoms with Gasteiger partial charge in [0.05, 0.1) is 12.5 Å². The van der Waals surface area contributed by atoms with Crippen LogP contribution in [0.1, 0.15) is 42.4 Å². The van der Waals surface area contributed by atoms with Crippen molar-refractivity contribution in [2.75, 3.05) is 18.5 Å². The zero-order valence-corrected chi connectivity index (χ0v) is 21.7. The summed E-state index contributed by atoms with van der Waals surface area (Å²) in [6.07, 6.45) is 1.65. The van der Waals surface area contributed by atoms with Crippen LogP contribution >= 0.6 is 11.6 Å². The number of fused-ring (bicyclic) bond motifs is 4. The number of hydrogen-bond donors (Lipinski definition) is 1. The number of anilines is 1. The molecular formula is C29H28ClN3O5. The molecule has 0 radical (unpaired) electrons. The molecule has 3 aliphatic heterocycles. The molecule has 3 aromatic carbocycles. The lowest BCUT2D eigenvalue weighted by atomic mass is 9.77. The molecule has 0 aliphatic carbocycles. The molecule has 4 atom stereocenters. The highest BCUT2D eigenvalue weighted by Crippen LogP contribution is 2.58. The second-order valence-corrected chi connectivity index (χ2v) is 10.4. The summed E-state index contributed by atoms with van der Waals surface area (Å²) in [7, 11) is 0. The number of carbonyl (C=O) groups excluding carboxylic acids is 1. The first kappa shape index (κ1) is 24.7. The first-order chi connectivity index (χ1) is 18.5. The van der Waals surface area contributed by atoms with E-state index in [1.54, 1.807) is 6.07 Å². The average molecular weight is 534 g/mol. The third-order valence-corrected chi connectivity index (χ3v) is 8.46. The maximum atomic E-state index is 13.6. The number of amides is 1. The van der Waals surface area contributed by atoms with Crippen molar-refractivity contribution in [3.63, 3.8) is 0 Å². The summed E-state index contributed by atoms with van der Waals surface area (Å²) in [5.74, 6) is 0.231. The molecule has 2 fully saturated rings. The molecule has 0 saturated carbocycles. The van der Waals surface area contributed by atoms with E-state index in [1.165, 1.54) is 0 Å². The van der Waals surface area contributed by atoms with Gasteiger partial charge in [-0.3, -0.25) is 19.8 Å². The van der Waals surface area contributed by atoms with Crippen LogP contribution in [-0.2, 0) is 16.9 Å². The highest BCUT2D eigenvalue weighted by atomic mass is 35.5. The molecule has 38 heavy (non-hydrogen) atoms. The fourth-order valence-corrected chi connectivity index (χ4v) is 6.86. The van der Waals surface area contributed by atoms with E-state index in [2.05, 4.69) is 10.2 Å². The van der Waals surface area contributed by atoms with Gasteiger partial charge in [-0.05, 0) is 49.6 Å². The van der Waals surface area contributed by atoms with Gasteiger partial charge in [0.2, 0.25) is 0 Å². The molecule has 3 heterocycles. The molecule has 1 amide bonds. The Bertz CT molecular complexity index is 1410. The Morgan fingerprint density at radius 3 is 2.68 bits per heavy atom. The van der Waals surface area contributed by atoms with Crippen molar-refractivity contribution in [2.45, 2.75) is 49.9 Å². The van der Waals surface area contributed by atoms with Crippen LogP contribution in [-0.4, -0.2) is 41.0 Å². The topological polar surface area (TPSA) is 93.9 Å². The van der Waals surface area contributed by atoms with Crippen molar-refractivity contribution >= 4 is 23.2 Å². The normalized spacial score (nSPS) is 25.7. The fourth-order valence-electron chi connectivity index (χ4n) is 6.67. The van der Waals surface area contributed by atoms with Crippen molar-refractivity contribution in [2.24, 2.45) is 0 Å². The van der Waals surface area contributed by atoms with Gasteiger partial charge in [0, 0.05) is 39.3 Å². The standard InChI is InChI=1S/C29H28ClN3O5/c1-2-37-25-16-18(13-14-24(25)38-17-19-8-3-5-10-21(19)30)26-23-12-7-15-32(23)29(27(26)33(35)36)20-9-4-6-11-22(20)31-28(29)34/h3-6,8-11,13-14,16,23,26-27H,2,7,12,15,17H2,1H3,(H,31,34)/t23-,26+,27+,29-/m0/s1. The number of para-hydroxylation sites is 1. The maximum Gasteiger partial charge on any atom is 0.256 e. The van der Waals surface area contributed by atoms with Gasteiger partial charge in [0.1, 0.15) is 6.61 Å².